The summed E-state index contributed by atoms with van der Waals surface area (Å²) in [5.41, 5.74) is 2.75. The molecule has 0 amide bonds. The summed E-state index contributed by atoms with van der Waals surface area (Å²) >= 11 is 0.704. The molecule has 0 saturated carbocycles. The van der Waals surface area contributed by atoms with Crippen molar-refractivity contribution in [3.05, 3.63) is 71.8 Å². The minimum absolute atomic E-state index is 0.704. The Kier molecular flexibility index (Phi) is 3.96. The molecule has 2 aromatic carbocycles. The van der Waals surface area contributed by atoms with Gasteiger partial charge in [-0.3, -0.25) is 0 Å². The molecule has 14 heavy (non-hydrogen) atoms. The fourth-order valence-corrected chi connectivity index (χ4v) is 2.58. The van der Waals surface area contributed by atoms with E-state index in [4.69, 9.17) is 0 Å². The molecular weight excluding hydrogens is 195 g/mol. The molecule has 2 rings (SSSR count). The molecule has 0 N–H and O–H groups in total. The third kappa shape index (κ3) is 2.56. The van der Waals surface area contributed by atoms with E-state index in [1.165, 1.54) is 11.1 Å². The van der Waals surface area contributed by atoms with Crippen LogP contribution in [-0.4, -0.2) is 49.0 Å². The Balaban J connectivity index is 2.30. The van der Waals surface area contributed by atoms with Gasteiger partial charge in [-0.1, -0.05) is 0 Å². The van der Waals surface area contributed by atoms with Crippen LogP contribution in [0.5, 0.6) is 0 Å². The molecular formula is C13H10K. The van der Waals surface area contributed by atoms with E-state index in [0.717, 1.165) is 0 Å². The first kappa shape index (κ1) is 10.6. The van der Waals surface area contributed by atoms with E-state index in [9.17, 15) is 0 Å². The summed E-state index contributed by atoms with van der Waals surface area (Å²) in [6.07, 6.45) is 0. The maximum absolute atomic E-state index is 2.19. The molecule has 0 bridgehead atoms. The quantitative estimate of drug-likeness (QED) is 0.661. The summed E-state index contributed by atoms with van der Waals surface area (Å²) in [5, 5.41) is 0. The Morgan fingerprint density at radius 1 is 0.643 bits per heavy atom. The summed E-state index contributed by atoms with van der Waals surface area (Å²) in [6, 6.07) is 21.3. The number of hydrogen-bond acceptors (Lipinski definition) is 0. The molecule has 0 aromatic heterocycles. The zero-order valence-corrected chi connectivity index (χ0v) is 11.4. The topological polar surface area (TPSA) is 0 Å². The van der Waals surface area contributed by atoms with Crippen LogP contribution in [0, 0.1) is 0.0125 Å². The van der Waals surface area contributed by atoms with E-state index in [1.807, 2.05) is 0 Å². The van der Waals surface area contributed by atoms with Crippen molar-refractivity contribution in [3.63, 3.8) is 0 Å². The van der Waals surface area contributed by atoms with Gasteiger partial charge in [0.15, 0.2) is 0 Å². The molecule has 63 valence electrons. The van der Waals surface area contributed by atoms with Crippen LogP contribution in [0.1, 0.15) is 11.1 Å². The summed E-state index contributed by atoms with van der Waals surface area (Å²) in [7, 11) is 0. The van der Waals surface area contributed by atoms with Crippen LogP contribution >= 0.6 is 0 Å². The molecule has 1 radical (unpaired) electrons. The van der Waals surface area contributed by atoms with Crippen molar-refractivity contribution < 1.29 is 0 Å². The van der Waals surface area contributed by atoms with Gasteiger partial charge in [-0.05, 0) is 0 Å². The second-order valence-corrected chi connectivity index (χ2v) is 4.92. The number of rotatable bonds is 2. The van der Waals surface area contributed by atoms with Crippen molar-refractivity contribution in [2.24, 2.45) is 0 Å². The molecule has 0 aliphatic carbocycles. The van der Waals surface area contributed by atoms with Crippen LogP contribution in [0.3, 0.4) is 0 Å². The van der Waals surface area contributed by atoms with Crippen molar-refractivity contribution >= 4 is 49.0 Å². The molecule has 0 aliphatic rings. The Morgan fingerprint density at radius 3 is 1.36 bits per heavy atom. The van der Waals surface area contributed by atoms with Gasteiger partial charge >= 0.3 is 121 Å². The monoisotopic (exact) mass is 205 g/mol. The Morgan fingerprint density at radius 2 is 1.00 bits per heavy atom. The Labute approximate surface area is 119 Å². The second kappa shape index (κ2) is 5.24. The van der Waals surface area contributed by atoms with E-state index in [1.54, 1.807) is 0 Å². The second-order valence-electron chi connectivity index (χ2n) is 3.36. The molecule has 0 fully saturated rings. The van der Waals surface area contributed by atoms with E-state index < -0.39 is 0 Å². The molecule has 0 saturated heterocycles. The molecule has 0 aliphatic heterocycles. The van der Waals surface area contributed by atoms with Crippen LogP contribution < -0.4 is 0 Å². The first-order valence-electron chi connectivity index (χ1n) is 4.82. The van der Waals surface area contributed by atoms with Crippen LogP contribution in [0.2, 0.25) is 0 Å². The van der Waals surface area contributed by atoms with Gasteiger partial charge in [0.2, 0.25) is 0 Å². The molecule has 1 heteroatoms. The molecule has 2 aromatic rings. The average molecular weight is 205 g/mol. The Hall–Kier alpha value is 0.0764. The number of hydrogen-bond donors (Lipinski definition) is 0. The van der Waals surface area contributed by atoms with Crippen molar-refractivity contribution in [1.29, 1.82) is 0 Å². The number of benzene rings is 2. The molecule has 0 heterocycles. The first-order valence-corrected chi connectivity index (χ1v) is 6.38. The first-order chi connectivity index (χ1) is 6.88. The van der Waals surface area contributed by atoms with Gasteiger partial charge in [0.25, 0.3) is 0 Å². The van der Waals surface area contributed by atoms with Gasteiger partial charge in [-0.25, -0.2) is 0 Å². The van der Waals surface area contributed by atoms with Crippen molar-refractivity contribution in [3.8, 4) is 0 Å². The molecule has 0 unspecified atom stereocenters. The normalized spacial score (nSPS) is 10.5. The third-order valence-corrected chi connectivity index (χ3v) is 4.22. The summed E-state index contributed by atoms with van der Waals surface area (Å²) in [5.74, 6) is 0. The Bertz CT molecular complexity index is 341. The van der Waals surface area contributed by atoms with Gasteiger partial charge in [0.1, 0.15) is 0 Å². The van der Waals surface area contributed by atoms with Gasteiger partial charge in [0.05, 0.1) is 0 Å². The standard InChI is InChI=1S/C13H10.K/c1-3-7-12(8-4-1)11-13-9-5-2-6-10-13;/h1-10H;. The van der Waals surface area contributed by atoms with E-state index in [2.05, 4.69) is 60.7 Å². The van der Waals surface area contributed by atoms with Crippen LogP contribution in [-0.2, 0) is 0 Å². The predicted octanol–water partition coefficient (Wildman–Crippen LogP) is 2.78. The van der Waals surface area contributed by atoms with Crippen molar-refractivity contribution in [2.45, 2.75) is 0 Å². The summed E-state index contributed by atoms with van der Waals surface area (Å²) < 4.78 is 1.51. The van der Waals surface area contributed by atoms with E-state index in [-0.39, 0.29) is 0 Å². The fraction of sp³-hybridized carbons (Fsp3) is 0. The van der Waals surface area contributed by atoms with E-state index in [0.29, 0.717) is 49.0 Å². The third-order valence-electron chi connectivity index (χ3n) is 2.41. The molecule has 0 spiro atoms. The average Bonchev–Trinajstić information content (AvgIpc) is 2.30. The zero-order chi connectivity index (χ0) is 9.80. The van der Waals surface area contributed by atoms with Crippen LogP contribution in [0.15, 0.2) is 60.7 Å². The maximum atomic E-state index is 2.19. The van der Waals surface area contributed by atoms with Gasteiger partial charge in [-0.2, -0.15) is 0 Å². The van der Waals surface area contributed by atoms with Crippen molar-refractivity contribution in [1.82, 2.24) is 0 Å². The summed E-state index contributed by atoms with van der Waals surface area (Å²) in [4.78, 5) is 0. The van der Waals surface area contributed by atoms with Crippen LogP contribution in [0.4, 0.5) is 0 Å². The molecule has 0 nitrogen and oxygen atoms in total. The van der Waals surface area contributed by atoms with Gasteiger partial charge in [-0.15, -0.1) is 0 Å². The van der Waals surface area contributed by atoms with Crippen LogP contribution in [0.25, 0.3) is 0 Å². The van der Waals surface area contributed by atoms with Gasteiger partial charge in [0, 0.05) is 0 Å². The summed E-state index contributed by atoms with van der Waals surface area (Å²) in [6.45, 7) is 0. The van der Waals surface area contributed by atoms with E-state index >= 15 is 0 Å². The predicted molar refractivity (Wildman–Crippen MR) is 60.1 cm³/mol. The SMILES string of the molecule is [K][C](c1ccccc1)c1ccccc1. The molecule has 0 atom stereocenters. The van der Waals surface area contributed by atoms with Crippen molar-refractivity contribution in [2.75, 3.05) is 0 Å². The zero-order valence-electron chi connectivity index (χ0n) is 8.27. The minimum atomic E-state index is 0.704. The van der Waals surface area contributed by atoms with Gasteiger partial charge < -0.3 is 0 Å². The fourth-order valence-electron chi connectivity index (χ4n) is 1.54.